The van der Waals surface area contributed by atoms with Crippen molar-refractivity contribution in [2.45, 2.75) is 19.4 Å². The summed E-state index contributed by atoms with van der Waals surface area (Å²) in [7, 11) is 2.01. The van der Waals surface area contributed by atoms with Crippen LogP contribution in [0.3, 0.4) is 0 Å². The summed E-state index contributed by atoms with van der Waals surface area (Å²) in [5, 5.41) is 8.14. The van der Waals surface area contributed by atoms with Gasteiger partial charge in [0.15, 0.2) is 12.8 Å². The van der Waals surface area contributed by atoms with Crippen molar-refractivity contribution in [2.75, 3.05) is 13.1 Å². The van der Waals surface area contributed by atoms with E-state index in [1.807, 2.05) is 60.3 Å². The van der Waals surface area contributed by atoms with Gasteiger partial charge in [0.2, 0.25) is 11.7 Å². The van der Waals surface area contributed by atoms with E-state index in [0.717, 1.165) is 30.1 Å². The van der Waals surface area contributed by atoms with Gasteiger partial charge in [0.25, 0.3) is 0 Å². The number of pyridine rings is 1. The SMILES string of the molecule is C[n+]1ccccc1COc1ccc(/C=N/N=C(N)N2CCCC2)cc1. The maximum Gasteiger partial charge on any atom is 0.219 e. The third-order valence-electron chi connectivity index (χ3n) is 4.23. The Kier molecular flexibility index (Phi) is 5.61. The maximum atomic E-state index is 5.91. The molecule has 2 heterocycles. The molecule has 25 heavy (non-hydrogen) atoms. The van der Waals surface area contributed by atoms with E-state index in [2.05, 4.69) is 15.1 Å². The van der Waals surface area contributed by atoms with E-state index < -0.39 is 0 Å². The fraction of sp³-hybridized carbons (Fsp3) is 0.316. The number of hydrogen-bond acceptors (Lipinski definition) is 3. The molecule has 2 aromatic rings. The Bertz CT molecular complexity index is 749. The molecule has 6 nitrogen and oxygen atoms in total. The molecule has 2 N–H and O–H groups in total. The van der Waals surface area contributed by atoms with Gasteiger partial charge in [-0.2, -0.15) is 5.10 Å². The molecule has 0 atom stereocenters. The first kappa shape index (κ1) is 17.0. The number of aryl methyl sites for hydroxylation is 1. The lowest BCUT2D eigenvalue weighted by Gasteiger charge is -2.13. The minimum absolute atomic E-state index is 0.490. The first-order valence-electron chi connectivity index (χ1n) is 8.50. The number of benzene rings is 1. The zero-order valence-electron chi connectivity index (χ0n) is 14.5. The molecule has 3 rings (SSSR count). The van der Waals surface area contributed by atoms with Crippen molar-refractivity contribution >= 4 is 12.2 Å². The quantitative estimate of drug-likeness (QED) is 0.391. The molecular weight excluding hydrogens is 314 g/mol. The first-order valence-corrected chi connectivity index (χ1v) is 8.50. The van der Waals surface area contributed by atoms with Gasteiger partial charge in [-0.25, -0.2) is 4.57 Å². The summed E-state index contributed by atoms with van der Waals surface area (Å²) in [6, 6.07) is 13.8. The summed E-state index contributed by atoms with van der Waals surface area (Å²) >= 11 is 0. The van der Waals surface area contributed by atoms with E-state index in [-0.39, 0.29) is 0 Å². The molecule has 1 fully saturated rings. The molecule has 1 aromatic heterocycles. The normalized spacial score (nSPS) is 15.1. The van der Waals surface area contributed by atoms with Gasteiger partial charge in [-0.15, -0.1) is 5.10 Å². The number of likely N-dealkylation sites (tertiary alicyclic amines) is 1. The van der Waals surface area contributed by atoms with Gasteiger partial charge >= 0.3 is 0 Å². The van der Waals surface area contributed by atoms with Crippen LogP contribution in [0.15, 0.2) is 58.9 Å². The third-order valence-corrected chi connectivity index (χ3v) is 4.23. The van der Waals surface area contributed by atoms with Crippen LogP contribution in [0.4, 0.5) is 0 Å². The van der Waals surface area contributed by atoms with Crippen molar-refractivity contribution in [2.24, 2.45) is 23.0 Å². The van der Waals surface area contributed by atoms with Gasteiger partial charge in [-0.05, 0) is 48.7 Å². The molecule has 0 saturated carbocycles. The largest absolute Gasteiger partial charge is 0.483 e. The van der Waals surface area contributed by atoms with E-state index in [9.17, 15) is 0 Å². The minimum atomic E-state index is 0.490. The highest BCUT2D eigenvalue weighted by Crippen LogP contribution is 2.12. The Morgan fingerprint density at radius 1 is 1.20 bits per heavy atom. The van der Waals surface area contributed by atoms with Gasteiger partial charge in [0, 0.05) is 25.2 Å². The second-order valence-electron chi connectivity index (χ2n) is 6.06. The van der Waals surface area contributed by atoms with Gasteiger partial charge in [-0.3, -0.25) is 0 Å². The Morgan fingerprint density at radius 3 is 2.68 bits per heavy atom. The smallest absolute Gasteiger partial charge is 0.219 e. The lowest BCUT2D eigenvalue weighted by atomic mass is 10.2. The number of nitrogens with zero attached hydrogens (tertiary/aromatic N) is 4. The fourth-order valence-electron chi connectivity index (χ4n) is 2.68. The van der Waals surface area contributed by atoms with Crippen LogP contribution in [0.25, 0.3) is 0 Å². The maximum absolute atomic E-state index is 5.91. The predicted octanol–water partition coefficient (Wildman–Crippen LogP) is 1.83. The van der Waals surface area contributed by atoms with Gasteiger partial charge in [0.05, 0.1) is 6.21 Å². The molecule has 1 aliphatic heterocycles. The number of aromatic nitrogens is 1. The summed E-state index contributed by atoms with van der Waals surface area (Å²) in [6.07, 6.45) is 6.04. The van der Waals surface area contributed by atoms with Crippen LogP contribution in [0.5, 0.6) is 5.75 Å². The number of ether oxygens (including phenoxy) is 1. The van der Waals surface area contributed by atoms with E-state index in [1.165, 1.54) is 12.8 Å². The van der Waals surface area contributed by atoms with Crippen LogP contribution in [0, 0.1) is 0 Å². The average Bonchev–Trinajstić information content (AvgIpc) is 3.17. The molecular formula is C19H24N5O+. The number of rotatable bonds is 5. The summed E-state index contributed by atoms with van der Waals surface area (Å²) in [6.45, 7) is 2.47. The zero-order chi connectivity index (χ0) is 17.5. The Hall–Kier alpha value is -2.89. The van der Waals surface area contributed by atoms with E-state index in [4.69, 9.17) is 10.5 Å². The van der Waals surface area contributed by atoms with Gasteiger partial charge in [-0.1, -0.05) is 0 Å². The van der Waals surface area contributed by atoms with Crippen molar-refractivity contribution in [1.29, 1.82) is 0 Å². The molecule has 0 bridgehead atoms. The van der Waals surface area contributed by atoms with Crippen LogP contribution < -0.4 is 15.0 Å². The highest BCUT2D eigenvalue weighted by Gasteiger charge is 2.12. The lowest BCUT2D eigenvalue weighted by molar-refractivity contribution is -0.680. The second-order valence-corrected chi connectivity index (χ2v) is 6.06. The van der Waals surface area contributed by atoms with Crippen LogP contribution >= 0.6 is 0 Å². The molecule has 0 amide bonds. The van der Waals surface area contributed by atoms with Crippen LogP contribution in [0.1, 0.15) is 24.1 Å². The molecule has 0 spiro atoms. The molecule has 1 aromatic carbocycles. The Morgan fingerprint density at radius 2 is 1.96 bits per heavy atom. The second kappa shape index (κ2) is 8.28. The van der Waals surface area contributed by atoms with Crippen LogP contribution in [-0.4, -0.2) is 30.2 Å². The molecule has 6 heteroatoms. The molecule has 1 aliphatic rings. The molecule has 0 unspecified atom stereocenters. The molecule has 1 saturated heterocycles. The van der Waals surface area contributed by atoms with Crippen LogP contribution in [-0.2, 0) is 13.7 Å². The third kappa shape index (κ3) is 4.79. The average molecular weight is 338 g/mol. The number of hydrogen-bond donors (Lipinski definition) is 1. The van der Waals surface area contributed by atoms with Gasteiger partial charge < -0.3 is 15.4 Å². The lowest BCUT2D eigenvalue weighted by Crippen LogP contribution is -2.34. The van der Waals surface area contributed by atoms with Gasteiger partial charge in [0.1, 0.15) is 12.8 Å². The predicted molar refractivity (Wildman–Crippen MR) is 98.4 cm³/mol. The van der Waals surface area contributed by atoms with Crippen LogP contribution in [0.2, 0.25) is 0 Å². The summed E-state index contributed by atoms with van der Waals surface area (Å²) in [5.41, 5.74) is 7.98. The highest BCUT2D eigenvalue weighted by atomic mass is 16.5. The van der Waals surface area contributed by atoms with E-state index in [1.54, 1.807) is 6.21 Å². The monoisotopic (exact) mass is 338 g/mol. The zero-order valence-corrected chi connectivity index (χ0v) is 14.5. The summed E-state index contributed by atoms with van der Waals surface area (Å²) < 4.78 is 7.86. The number of guanidine groups is 1. The van der Waals surface area contributed by atoms with E-state index in [0.29, 0.717) is 12.6 Å². The minimum Gasteiger partial charge on any atom is -0.483 e. The van der Waals surface area contributed by atoms with Crippen molar-refractivity contribution in [3.63, 3.8) is 0 Å². The first-order chi connectivity index (χ1) is 12.2. The molecule has 130 valence electrons. The van der Waals surface area contributed by atoms with Crippen molar-refractivity contribution < 1.29 is 9.30 Å². The highest BCUT2D eigenvalue weighted by molar-refractivity contribution is 5.82. The Balaban J connectivity index is 1.54. The van der Waals surface area contributed by atoms with Crippen molar-refractivity contribution in [3.8, 4) is 5.75 Å². The molecule has 0 radical (unpaired) electrons. The van der Waals surface area contributed by atoms with E-state index >= 15 is 0 Å². The van der Waals surface area contributed by atoms with Crippen molar-refractivity contribution in [3.05, 3.63) is 59.9 Å². The number of nitrogens with two attached hydrogens (primary N) is 1. The topological polar surface area (TPSA) is 67.1 Å². The standard InChI is InChI=1S/C19H24N5O/c1-23-11-3-2-6-17(23)15-25-18-9-7-16(8-10-18)14-21-22-19(20)24-12-4-5-13-24/h2-3,6-11,14H,4-5,12-13,15H2,1H3,(H2,20,22)/q+1/b21-14+. The summed E-state index contributed by atoms with van der Waals surface area (Å²) in [4.78, 5) is 2.05. The Labute approximate surface area is 148 Å². The fourth-order valence-corrected chi connectivity index (χ4v) is 2.68. The summed E-state index contributed by atoms with van der Waals surface area (Å²) in [5.74, 6) is 1.31. The van der Waals surface area contributed by atoms with Crippen molar-refractivity contribution in [1.82, 2.24) is 4.90 Å². The molecule has 0 aliphatic carbocycles.